The molecule has 1 fully saturated rings. The van der Waals surface area contributed by atoms with Crippen molar-refractivity contribution in [2.75, 3.05) is 13.2 Å². The summed E-state index contributed by atoms with van der Waals surface area (Å²) in [5.74, 6) is -0.635. The van der Waals surface area contributed by atoms with Crippen molar-refractivity contribution in [1.82, 2.24) is 5.32 Å². The van der Waals surface area contributed by atoms with Gasteiger partial charge in [-0.3, -0.25) is 4.79 Å². The molecule has 61 heavy (non-hydrogen) atoms. The number of rotatable bonds is 41. The van der Waals surface area contributed by atoms with E-state index in [2.05, 4.69) is 55.6 Å². The Balaban J connectivity index is 2.31. The normalized spacial score (nSPS) is 21.3. The summed E-state index contributed by atoms with van der Waals surface area (Å²) in [5, 5.41) is 64.6. The van der Waals surface area contributed by atoms with E-state index in [1.54, 1.807) is 6.08 Å². The van der Waals surface area contributed by atoms with E-state index in [9.17, 15) is 35.4 Å². The van der Waals surface area contributed by atoms with Gasteiger partial charge in [0.05, 0.1) is 25.4 Å². The Labute approximate surface area is 372 Å². The maximum Gasteiger partial charge on any atom is 0.249 e. The van der Waals surface area contributed by atoms with Gasteiger partial charge in [0.2, 0.25) is 5.91 Å². The molecular weight excluding hydrogens is 771 g/mol. The fourth-order valence-corrected chi connectivity index (χ4v) is 7.59. The summed E-state index contributed by atoms with van der Waals surface area (Å²) in [4.78, 5) is 13.0. The standard InChI is InChI=1S/C51H93NO9/c1-3-5-7-9-11-13-15-17-18-19-20-21-22-23-24-25-26-27-28-30-32-34-36-38-40-45(55)50(59)52-43(42-60-51-49(58)48(57)47(56)46(41-53)61-51)44(54)39-37-35-33-31-29-16-14-12-10-8-6-4-2/h10,12,23-24,29,31,37,39,43-49,51,53-58H,3-9,11,13-22,25-28,30,32-36,38,40-42H2,1-2H3,(H,52,59)/b12-10+,24-23-,31-29+,39-37+. The molecule has 8 atom stereocenters. The Hall–Kier alpha value is -1.89. The Bertz CT molecular complexity index is 1110. The molecule has 1 amide bonds. The Kier molecular flexibility index (Phi) is 38.3. The summed E-state index contributed by atoms with van der Waals surface area (Å²) in [7, 11) is 0. The maximum absolute atomic E-state index is 13.0. The molecule has 0 aromatic heterocycles. The van der Waals surface area contributed by atoms with Crippen molar-refractivity contribution in [2.24, 2.45) is 0 Å². The molecule has 356 valence electrons. The number of aliphatic hydroxyl groups is 6. The lowest BCUT2D eigenvalue weighted by Gasteiger charge is -2.40. The van der Waals surface area contributed by atoms with Crippen LogP contribution in [-0.2, 0) is 14.3 Å². The molecule has 8 unspecified atom stereocenters. The quantitative estimate of drug-likeness (QED) is 0.0234. The monoisotopic (exact) mass is 864 g/mol. The number of carbonyl (C=O) groups excluding carboxylic acids is 1. The topological polar surface area (TPSA) is 169 Å². The van der Waals surface area contributed by atoms with Gasteiger partial charge in [0.25, 0.3) is 0 Å². The van der Waals surface area contributed by atoms with Crippen LogP contribution in [0.5, 0.6) is 0 Å². The molecule has 10 nitrogen and oxygen atoms in total. The highest BCUT2D eigenvalue weighted by molar-refractivity contribution is 5.80. The van der Waals surface area contributed by atoms with Crippen molar-refractivity contribution in [1.29, 1.82) is 0 Å². The van der Waals surface area contributed by atoms with Crippen LogP contribution in [0.1, 0.15) is 206 Å². The SMILES string of the molecule is CCCC/C=C/CC/C=C/CC/C=C/C(O)C(COC1OC(CO)C(O)C(O)C1O)NC(=O)C(O)CCCCCCCCCC/C=C\CCCCCCCCCCCCCC. The highest BCUT2D eigenvalue weighted by Gasteiger charge is 2.44. The first-order valence-electron chi connectivity index (χ1n) is 25.0. The molecule has 0 aromatic rings. The van der Waals surface area contributed by atoms with E-state index in [4.69, 9.17) is 9.47 Å². The number of carbonyl (C=O) groups is 1. The molecule has 7 N–H and O–H groups in total. The lowest BCUT2D eigenvalue weighted by molar-refractivity contribution is -0.302. The Morgan fingerprint density at radius 2 is 0.984 bits per heavy atom. The van der Waals surface area contributed by atoms with E-state index in [-0.39, 0.29) is 6.61 Å². The first kappa shape index (κ1) is 57.1. The molecule has 0 aromatic carbocycles. The molecule has 1 aliphatic rings. The molecule has 1 rings (SSSR count). The van der Waals surface area contributed by atoms with E-state index in [0.717, 1.165) is 44.9 Å². The van der Waals surface area contributed by atoms with Crippen LogP contribution in [0, 0.1) is 0 Å². The van der Waals surface area contributed by atoms with Gasteiger partial charge in [-0.05, 0) is 64.2 Å². The maximum atomic E-state index is 13.0. The zero-order valence-electron chi connectivity index (χ0n) is 38.8. The number of amides is 1. The van der Waals surface area contributed by atoms with Crippen LogP contribution in [-0.4, -0.2) is 98.7 Å². The predicted molar refractivity (Wildman–Crippen MR) is 250 cm³/mol. The Morgan fingerprint density at radius 1 is 0.557 bits per heavy atom. The van der Waals surface area contributed by atoms with Gasteiger partial charge in [0.15, 0.2) is 6.29 Å². The molecule has 1 aliphatic heterocycles. The van der Waals surface area contributed by atoms with Crippen LogP contribution in [0.25, 0.3) is 0 Å². The second kappa shape index (κ2) is 40.9. The minimum Gasteiger partial charge on any atom is -0.394 e. The van der Waals surface area contributed by atoms with E-state index >= 15 is 0 Å². The van der Waals surface area contributed by atoms with Crippen molar-refractivity contribution >= 4 is 5.91 Å². The minimum absolute atomic E-state index is 0.296. The third-order valence-electron chi connectivity index (χ3n) is 11.7. The smallest absolute Gasteiger partial charge is 0.249 e. The molecule has 0 aliphatic carbocycles. The number of unbranched alkanes of at least 4 members (excludes halogenated alkanes) is 24. The van der Waals surface area contributed by atoms with E-state index in [0.29, 0.717) is 19.3 Å². The van der Waals surface area contributed by atoms with Crippen LogP contribution in [0.3, 0.4) is 0 Å². The van der Waals surface area contributed by atoms with E-state index in [1.807, 2.05) is 6.08 Å². The van der Waals surface area contributed by atoms with Gasteiger partial charge < -0.3 is 45.4 Å². The predicted octanol–water partition coefficient (Wildman–Crippen LogP) is 9.98. The minimum atomic E-state index is -1.62. The van der Waals surface area contributed by atoms with Crippen LogP contribution in [0.15, 0.2) is 48.6 Å². The molecule has 0 spiro atoms. The Morgan fingerprint density at radius 3 is 1.48 bits per heavy atom. The first-order valence-corrected chi connectivity index (χ1v) is 25.0. The number of ether oxygens (including phenoxy) is 2. The fourth-order valence-electron chi connectivity index (χ4n) is 7.59. The van der Waals surface area contributed by atoms with Gasteiger partial charge in [-0.15, -0.1) is 0 Å². The molecule has 0 radical (unpaired) electrons. The summed E-state index contributed by atoms with van der Waals surface area (Å²) < 4.78 is 11.1. The lowest BCUT2D eigenvalue weighted by atomic mass is 9.99. The van der Waals surface area contributed by atoms with Gasteiger partial charge in [0.1, 0.15) is 30.5 Å². The van der Waals surface area contributed by atoms with Crippen molar-refractivity contribution in [3.8, 4) is 0 Å². The van der Waals surface area contributed by atoms with Gasteiger partial charge >= 0.3 is 0 Å². The second-order valence-corrected chi connectivity index (χ2v) is 17.4. The van der Waals surface area contributed by atoms with Crippen LogP contribution in [0.2, 0.25) is 0 Å². The number of allylic oxidation sites excluding steroid dienone is 7. The number of nitrogens with one attached hydrogen (secondary N) is 1. The van der Waals surface area contributed by atoms with Gasteiger partial charge in [-0.2, -0.15) is 0 Å². The summed E-state index contributed by atoms with van der Waals surface area (Å²) in [6, 6.07) is -1.00. The summed E-state index contributed by atoms with van der Waals surface area (Å²) in [6.07, 6.45) is 42.1. The zero-order valence-corrected chi connectivity index (χ0v) is 38.8. The van der Waals surface area contributed by atoms with Crippen LogP contribution in [0.4, 0.5) is 0 Å². The van der Waals surface area contributed by atoms with Crippen LogP contribution < -0.4 is 5.32 Å². The highest BCUT2D eigenvalue weighted by Crippen LogP contribution is 2.23. The first-order chi connectivity index (χ1) is 29.8. The fraction of sp³-hybridized carbons (Fsp3) is 0.824. The second-order valence-electron chi connectivity index (χ2n) is 17.4. The van der Waals surface area contributed by atoms with Crippen molar-refractivity contribution in [3.05, 3.63) is 48.6 Å². The summed E-state index contributed by atoms with van der Waals surface area (Å²) in [5.41, 5.74) is 0. The average Bonchev–Trinajstić information content (AvgIpc) is 3.26. The largest absolute Gasteiger partial charge is 0.394 e. The van der Waals surface area contributed by atoms with Gasteiger partial charge in [-0.1, -0.05) is 191 Å². The van der Waals surface area contributed by atoms with Gasteiger partial charge in [0, 0.05) is 0 Å². The van der Waals surface area contributed by atoms with Gasteiger partial charge in [-0.25, -0.2) is 0 Å². The third-order valence-corrected chi connectivity index (χ3v) is 11.7. The van der Waals surface area contributed by atoms with E-state index < -0.39 is 61.5 Å². The van der Waals surface area contributed by atoms with E-state index in [1.165, 1.54) is 128 Å². The molecule has 0 bridgehead atoms. The van der Waals surface area contributed by atoms with Crippen molar-refractivity contribution in [2.45, 2.75) is 255 Å². The number of hydrogen-bond donors (Lipinski definition) is 7. The third kappa shape index (κ3) is 30.8. The molecular formula is C51H93NO9. The molecule has 10 heteroatoms. The molecule has 1 heterocycles. The number of aliphatic hydroxyl groups excluding tert-OH is 6. The summed E-state index contributed by atoms with van der Waals surface area (Å²) in [6.45, 7) is 3.53. The zero-order chi connectivity index (χ0) is 44.6. The number of hydrogen-bond acceptors (Lipinski definition) is 9. The van der Waals surface area contributed by atoms with Crippen LogP contribution >= 0.6 is 0 Å². The average molecular weight is 864 g/mol. The van der Waals surface area contributed by atoms with Crippen molar-refractivity contribution in [3.63, 3.8) is 0 Å². The lowest BCUT2D eigenvalue weighted by Crippen LogP contribution is -2.60. The highest BCUT2D eigenvalue weighted by atomic mass is 16.7. The molecule has 0 saturated carbocycles. The summed E-state index contributed by atoms with van der Waals surface area (Å²) >= 11 is 0. The molecule has 1 saturated heterocycles. The van der Waals surface area contributed by atoms with Crippen molar-refractivity contribution < 1.29 is 44.9 Å².